The van der Waals surface area contributed by atoms with Crippen LogP contribution in [0, 0.1) is 5.92 Å². The van der Waals surface area contributed by atoms with Crippen molar-refractivity contribution in [1.82, 2.24) is 0 Å². The zero-order chi connectivity index (χ0) is 5.98. The molecule has 0 saturated heterocycles. The van der Waals surface area contributed by atoms with Gasteiger partial charge in [0, 0.05) is 13.5 Å². The van der Waals surface area contributed by atoms with Crippen LogP contribution in [0.4, 0.5) is 0 Å². The Morgan fingerprint density at radius 3 is 2.75 bits per heavy atom. The summed E-state index contributed by atoms with van der Waals surface area (Å²) in [6, 6.07) is 0. The number of ether oxygens (including phenoxy) is 1. The van der Waals surface area contributed by atoms with E-state index in [9.17, 15) is 0 Å². The predicted molar refractivity (Wildman–Crippen MR) is 30.4 cm³/mol. The Balaban J connectivity index is 1.98. The van der Waals surface area contributed by atoms with Crippen LogP contribution in [0.3, 0.4) is 0 Å². The van der Waals surface area contributed by atoms with Crippen LogP contribution < -0.4 is 0 Å². The number of hydrogen-bond donors (Lipinski definition) is 1. The quantitative estimate of drug-likeness (QED) is 0.551. The van der Waals surface area contributed by atoms with Gasteiger partial charge in [-0.25, -0.2) is 0 Å². The monoisotopic (exact) mass is 116 g/mol. The third-order valence-electron chi connectivity index (χ3n) is 1.50. The summed E-state index contributed by atoms with van der Waals surface area (Å²) in [7, 11) is 1.53. The zero-order valence-electron chi connectivity index (χ0n) is 5.13. The van der Waals surface area contributed by atoms with Gasteiger partial charge >= 0.3 is 0 Å². The van der Waals surface area contributed by atoms with Crippen molar-refractivity contribution in [3.8, 4) is 0 Å². The third kappa shape index (κ3) is 1.80. The summed E-state index contributed by atoms with van der Waals surface area (Å²) >= 11 is 0. The molecule has 0 aromatic carbocycles. The first kappa shape index (κ1) is 6.05. The number of hydrogen-bond acceptors (Lipinski definition) is 2. The van der Waals surface area contributed by atoms with E-state index in [0.29, 0.717) is 0 Å². The minimum Gasteiger partial charge on any atom is -0.368 e. The average molecular weight is 116 g/mol. The SMILES string of the molecule is COC(O)CC1CC1. The molecule has 0 aromatic heterocycles. The lowest BCUT2D eigenvalue weighted by Gasteiger charge is -2.04. The van der Waals surface area contributed by atoms with E-state index in [2.05, 4.69) is 4.74 Å². The lowest BCUT2D eigenvalue weighted by Crippen LogP contribution is -2.08. The highest BCUT2D eigenvalue weighted by atomic mass is 16.6. The molecule has 0 bridgehead atoms. The molecule has 1 rings (SSSR count). The van der Waals surface area contributed by atoms with Crippen LogP contribution in [0.15, 0.2) is 0 Å². The van der Waals surface area contributed by atoms with Crippen molar-refractivity contribution in [1.29, 1.82) is 0 Å². The van der Waals surface area contributed by atoms with Gasteiger partial charge in [0.25, 0.3) is 0 Å². The molecular weight excluding hydrogens is 104 g/mol. The van der Waals surface area contributed by atoms with Gasteiger partial charge in [0.05, 0.1) is 0 Å². The van der Waals surface area contributed by atoms with E-state index < -0.39 is 6.29 Å². The van der Waals surface area contributed by atoms with E-state index in [-0.39, 0.29) is 0 Å². The summed E-state index contributed by atoms with van der Waals surface area (Å²) in [5.74, 6) is 0.755. The van der Waals surface area contributed by atoms with Crippen molar-refractivity contribution in [3.63, 3.8) is 0 Å². The predicted octanol–water partition coefficient (Wildman–Crippen LogP) is 0.751. The van der Waals surface area contributed by atoms with Gasteiger partial charge in [0.15, 0.2) is 6.29 Å². The minimum absolute atomic E-state index is 0.512. The minimum atomic E-state index is -0.512. The molecular formula is C6H12O2. The highest BCUT2D eigenvalue weighted by molar-refractivity contribution is 4.73. The first-order valence-corrected chi connectivity index (χ1v) is 3.04. The van der Waals surface area contributed by atoms with Crippen LogP contribution in [0.2, 0.25) is 0 Å². The zero-order valence-corrected chi connectivity index (χ0v) is 5.13. The molecule has 1 N–H and O–H groups in total. The number of aliphatic hydroxyl groups is 1. The van der Waals surface area contributed by atoms with Crippen molar-refractivity contribution >= 4 is 0 Å². The normalized spacial score (nSPS) is 23.2. The second-order valence-electron chi connectivity index (χ2n) is 2.37. The molecule has 2 nitrogen and oxygen atoms in total. The van der Waals surface area contributed by atoms with E-state index in [1.165, 1.54) is 20.0 Å². The van der Waals surface area contributed by atoms with E-state index in [1.807, 2.05) is 0 Å². The maximum atomic E-state index is 8.85. The molecule has 0 heterocycles. The molecule has 0 radical (unpaired) electrons. The Bertz CT molecular complexity index is 68.9. The first-order valence-electron chi connectivity index (χ1n) is 3.04. The molecule has 1 unspecified atom stereocenters. The molecule has 0 amide bonds. The fourth-order valence-corrected chi connectivity index (χ4v) is 0.735. The lowest BCUT2D eigenvalue weighted by molar-refractivity contribution is -0.0813. The Labute approximate surface area is 49.5 Å². The van der Waals surface area contributed by atoms with Gasteiger partial charge in [0.1, 0.15) is 0 Å². The Hall–Kier alpha value is -0.0800. The topological polar surface area (TPSA) is 29.5 Å². The summed E-state index contributed by atoms with van der Waals surface area (Å²) in [6.45, 7) is 0. The largest absolute Gasteiger partial charge is 0.368 e. The molecule has 1 aliphatic rings. The number of aliphatic hydroxyl groups excluding tert-OH is 1. The van der Waals surface area contributed by atoms with Gasteiger partial charge in [-0.1, -0.05) is 0 Å². The number of methoxy groups -OCH3 is 1. The van der Waals surface area contributed by atoms with Crippen LogP contribution in [0.5, 0.6) is 0 Å². The Morgan fingerprint density at radius 1 is 1.75 bits per heavy atom. The van der Waals surface area contributed by atoms with Crippen molar-refractivity contribution in [2.45, 2.75) is 25.6 Å². The maximum Gasteiger partial charge on any atom is 0.154 e. The second-order valence-corrected chi connectivity index (χ2v) is 2.37. The van der Waals surface area contributed by atoms with Gasteiger partial charge in [-0.3, -0.25) is 0 Å². The van der Waals surface area contributed by atoms with Gasteiger partial charge in [-0.2, -0.15) is 0 Å². The van der Waals surface area contributed by atoms with Crippen LogP contribution in [0.1, 0.15) is 19.3 Å². The highest BCUT2D eigenvalue weighted by Gasteiger charge is 2.23. The van der Waals surface area contributed by atoms with Crippen molar-refractivity contribution in [2.75, 3.05) is 7.11 Å². The van der Waals surface area contributed by atoms with E-state index in [0.717, 1.165) is 12.3 Å². The van der Waals surface area contributed by atoms with E-state index >= 15 is 0 Å². The fourth-order valence-electron chi connectivity index (χ4n) is 0.735. The van der Waals surface area contributed by atoms with E-state index in [1.54, 1.807) is 0 Å². The average Bonchev–Trinajstić information content (AvgIpc) is 2.50. The highest BCUT2D eigenvalue weighted by Crippen LogP contribution is 2.33. The maximum absolute atomic E-state index is 8.85. The second kappa shape index (κ2) is 2.46. The molecule has 0 aromatic rings. The summed E-state index contributed by atoms with van der Waals surface area (Å²) in [6.07, 6.45) is 2.87. The number of rotatable bonds is 3. The molecule has 2 heteroatoms. The molecule has 0 spiro atoms. The summed E-state index contributed by atoms with van der Waals surface area (Å²) in [5, 5.41) is 8.85. The summed E-state index contributed by atoms with van der Waals surface area (Å²) in [5.41, 5.74) is 0. The van der Waals surface area contributed by atoms with Crippen LogP contribution >= 0.6 is 0 Å². The molecule has 1 fully saturated rings. The van der Waals surface area contributed by atoms with Crippen molar-refractivity contribution in [3.05, 3.63) is 0 Å². The van der Waals surface area contributed by atoms with Crippen molar-refractivity contribution in [2.24, 2.45) is 5.92 Å². The fraction of sp³-hybridized carbons (Fsp3) is 1.00. The molecule has 0 aliphatic heterocycles. The molecule has 1 aliphatic carbocycles. The molecule has 1 saturated carbocycles. The van der Waals surface area contributed by atoms with Gasteiger partial charge in [0.2, 0.25) is 0 Å². The van der Waals surface area contributed by atoms with Gasteiger partial charge in [-0.05, 0) is 18.8 Å². The molecule has 8 heavy (non-hydrogen) atoms. The molecule has 48 valence electrons. The van der Waals surface area contributed by atoms with Crippen LogP contribution in [-0.2, 0) is 4.74 Å². The van der Waals surface area contributed by atoms with Crippen LogP contribution in [0.25, 0.3) is 0 Å². The summed E-state index contributed by atoms with van der Waals surface area (Å²) in [4.78, 5) is 0. The van der Waals surface area contributed by atoms with Crippen molar-refractivity contribution < 1.29 is 9.84 Å². The third-order valence-corrected chi connectivity index (χ3v) is 1.50. The van der Waals surface area contributed by atoms with Gasteiger partial charge < -0.3 is 9.84 Å². The smallest absolute Gasteiger partial charge is 0.154 e. The Morgan fingerprint density at radius 2 is 2.38 bits per heavy atom. The summed E-state index contributed by atoms with van der Waals surface area (Å²) < 4.78 is 4.66. The van der Waals surface area contributed by atoms with E-state index in [4.69, 9.17) is 5.11 Å². The first-order chi connectivity index (χ1) is 3.83. The lowest BCUT2D eigenvalue weighted by atomic mass is 10.3. The van der Waals surface area contributed by atoms with Gasteiger partial charge in [-0.15, -0.1) is 0 Å². The Kier molecular flexibility index (Phi) is 1.86. The standard InChI is InChI=1S/C6H12O2/c1-8-6(7)4-5-2-3-5/h5-7H,2-4H2,1H3. The molecule has 1 atom stereocenters. The van der Waals surface area contributed by atoms with Crippen LogP contribution in [-0.4, -0.2) is 18.5 Å².